The van der Waals surface area contributed by atoms with E-state index in [4.69, 9.17) is 0 Å². The highest BCUT2D eigenvalue weighted by Gasteiger charge is 2.23. The van der Waals surface area contributed by atoms with Crippen LogP contribution in [-0.2, 0) is 6.42 Å². The van der Waals surface area contributed by atoms with Gasteiger partial charge in [-0.2, -0.15) is 5.10 Å². The second kappa shape index (κ2) is 6.46. The number of benzene rings is 3. The van der Waals surface area contributed by atoms with Crippen LogP contribution in [0.1, 0.15) is 23.2 Å². The van der Waals surface area contributed by atoms with Gasteiger partial charge in [0, 0.05) is 12.1 Å². The number of fused-ring (bicyclic) bond motifs is 2. The third-order valence-corrected chi connectivity index (χ3v) is 5.21. The first-order valence-electron chi connectivity index (χ1n) is 9.20. The van der Waals surface area contributed by atoms with Crippen molar-refractivity contribution in [3.05, 3.63) is 99.9 Å². The van der Waals surface area contributed by atoms with E-state index in [1.165, 1.54) is 22.4 Å². The maximum atomic E-state index is 11.1. The number of nitro benzene ring substituents is 1. The number of rotatable bonds is 3. The Balaban J connectivity index is 1.60. The first-order chi connectivity index (χ1) is 13.7. The molecule has 0 N–H and O–H groups in total. The molecular weight excluding hydrogens is 350 g/mol. The summed E-state index contributed by atoms with van der Waals surface area (Å²) in [6.07, 6.45) is 5.81. The Bertz CT molecular complexity index is 1250. The second-order valence-electron chi connectivity index (χ2n) is 6.98. The van der Waals surface area contributed by atoms with Gasteiger partial charge in [0.1, 0.15) is 0 Å². The standard InChI is InChI=1S/C23H17N3O2/c27-26(28)22-7-3-4-16(13-22)12-19-8-9-20-15-24-25(23(19)20)21-11-10-17-5-1-2-6-18(17)14-21/h1-7,10-15H,8-9H2. The van der Waals surface area contributed by atoms with Gasteiger partial charge in [-0.05, 0) is 58.5 Å². The topological polar surface area (TPSA) is 61.0 Å². The summed E-state index contributed by atoms with van der Waals surface area (Å²) in [5, 5.41) is 18.1. The first kappa shape index (κ1) is 16.4. The Hall–Kier alpha value is -3.73. The molecule has 1 aliphatic rings. The molecular formula is C23H17N3O2. The van der Waals surface area contributed by atoms with Crippen molar-refractivity contribution in [2.24, 2.45) is 0 Å². The summed E-state index contributed by atoms with van der Waals surface area (Å²) >= 11 is 0. The van der Waals surface area contributed by atoms with Crippen LogP contribution in [0.4, 0.5) is 5.69 Å². The molecule has 28 heavy (non-hydrogen) atoms. The molecule has 136 valence electrons. The van der Waals surface area contributed by atoms with Gasteiger partial charge in [0.05, 0.1) is 22.5 Å². The third-order valence-electron chi connectivity index (χ3n) is 5.21. The summed E-state index contributed by atoms with van der Waals surface area (Å²) in [6.45, 7) is 0. The number of allylic oxidation sites excluding steroid dienone is 1. The molecule has 0 aliphatic heterocycles. The number of aromatic nitrogens is 2. The summed E-state index contributed by atoms with van der Waals surface area (Å²) in [4.78, 5) is 10.7. The highest BCUT2D eigenvalue weighted by molar-refractivity contribution is 5.87. The zero-order chi connectivity index (χ0) is 19.1. The highest BCUT2D eigenvalue weighted by atomic mass is 16.6. The minimum absolute atomic E-state index is 0.107. The molecule has 4 aromatic rings. The fourth-order valence-corrected chi connectivity index (χ4v) is 3.87. The fourth-order valence-electron chi connectivity index (χ4n) is 3.87. The molecule has 0 fully saturated rings. The van der Waals surface area contributed by atoms with Gasteiger partial charge >= 0.3 is 0 Å². The average molecular weight is 367 g/mol. The Morgan fingerprint density at radius 2 is 1.82 bits per heavy atom. The van der Waals surface area contributed by atoms with Crippen molar-refractivity contribution in [2.45, 2.75) is 12.8 Å². The Labute approximate surface area is 161 Å². The molecule has 0 saturated carbocycles. The minimum atomic E-state index is -0.360. The van der Waals surface area contributed by atoms with Crippen LogP contribution < -0.4 is 0 Å². The first-order valence-corrected chi connectivity index (χ1v) is 9.20. The molecule has 0 unspecified atom stereocenters. The SMILES string of the molecule is O=[N+]([O-])c1cccc(C=C2CCc3cnn(-c4ccc5ccccc5c4)c32)c1. The van der Waals surface area contributed by atoms with Gasteiger partial charge < -0.3 is 0 Å². The number of nitrogens with zero attached hydrogens (tertiary/aromatic N) is 3. The molecule has 5 rings (SSSR count). The molecule has 1 aliphatic carbocycles. The van der Waals surface area contributed by atoms with Crippen molar-refractivity contribution >= 4 is 28.1 Å². The van der Waals surface area contributed by atoms with Crippen LogP contribution in [0.5, 0.6) is 0 Å². The van der Waals surface area contributed by atoms with Crippen molar-refractivity contribution in [1.82, 2.24) is 9.78 Å². The van der Waals surface area contributed by atoms with E-state index < -0.39 is 0 Å². The smallest absolute Gasteiger partial charge is 0.258 e. The molecule has 0 radical (unpaired) electrons. The van der Waals surface area contributed by atoms with E-state index in [-0.39, 0.29) is 10.6 Å². The molecule has 0 saturated heterocycles. The van der Waals surface area contributed by atoms with Crippen molar-refractivity contribution in [1.29, 1.82) is 0 Å². The number of aryl methyl sites for hydroxylation is 1. The van der Waals surface area contributed by atoms with Gasteiger partial charge in [-0.25, -0.2) is 4.68 Å². The molecule has 5 nitrogen and oxygen atoms in total. The van der Waals surface area contributed by atoms with Gasteiger partial charge in [0.15, 0.2) is 0 Å². The van der Waals surface area contributed by atoms with Crippen LogP contribution in [-0.4, -0.2) is 14.7 Å². The maximum absolute atomic E-state index is 11.1. The van der Waals surface area contributed by atoms with Gasteiger partial charge in [-0.1, -0.05) is 42.5 Å². The monoisotopic (exact) mass is 367 g/mol. The number of hydrogen-bond acceptors (Lipinski definition) is 3. The zero-order valence-electron chi connectivity index (χ0n) is 15.1. The largest absolute Gasteiger partial charge is 0.270 e. The fraction of sp³-hybridized carbons (Fsp3) is 0.0870. The van der Waals surface area contributed by atoms with E-state index in [0.29, 0.717) is 0 Å². The van der Waals surface area contributed by atoms with E-state index >= 15 is 0 Å². The second-order valence-corrected chi connectivity index (χ2v) is 6.98. The van der Waals surface area contributed by atoms with Gasteiger partial charge in [-0.15, -0.1) is 0 Å². The number of nitro groups is 1. The molecule has 0 atom stereocenters. The normalized spacial score (nSPS) is 14.5. The van der Waals surface area contributed by atoms with Crippen molar-refractivity contribution < 1.29 is 4.92 Å². The average Bonchev–Trinajstić information content (AvgIpc) is 3.31. The van der Waals surface area contributed by atoms with Crippen LogP contribution >= 0.6 is 0 Å². The lowest BCUT2D eigenvalue weighted by atomic mass is 10.1. The summed E-state index contributed by atoms with van der Waals surface area (Å²) in [5.41, 5.74) is 5.43. The van der Waals surface area contributed by atoms with E-state index in [1.807, 2.05) is 35.2 Å². The molecule has 0 amide bonds. The Morgan fingerprint density at radius 3 is 2.68 bits per heavy atom. The van der Waals surface area contributed by atoms with Crippen molar-refractivity contribution in [3.8, 4) is 5.69 Å². The highest BCUT2D eigenvalue weighted by Crippen LogP contribution is 2.35. The third kappa shape index (κ3) is 2.77. The van der Waals surface area contributed by atoms with Gasteiger partial charge in [0.2, 0.25) is 0 Å². The molecule has 1 heterocycles. The number of non-ortho nitro benzene ring substituents is 1. The quantitative estimate of drug-likeness (QED) is 0.359. The summed E-state index contributed by atoms with van der Waals surface area (Å²) in [6, 6.07) is 21.4. The zero-order valence-corrected chi connectivity index (χ0v) is 15.1. The molecule has 0 spiro atoms. The lowest BCUT2D eigenvalue weighted by Crippen LogP contribution is -2.00. The predicted molar refractivity (Wildman–Crippen MR) is 110 cm³/mol. The van der Waals surface area contributed by atoms with Crippen LogP contribution in [0.2, 0.25) is 0 Å². The summed E-state index contributed by atoms with van der Waals surface area (Å²) in [5.74, 6) is 0. The van der Waals surface area contributed by atoms with Crippen LogP contribution in [0.3, 0.4) is 0 Å². The number of hydrogen-bond donors (Lipinski definition) is 0. The van der Waals surface area contributed by atoms with Gasteiger partial charge in [0.25, 0.3) is 5.69 Å². The van der Waals surface area contributed by atoms with Crippen molar-refractivity contribution in [3.63, 3.8) is 0 Å². The Morgan fingerprint density at radius 1 is 0.964 bits per heavy atom. The lowest BCUT2D eigenvalue weighted by Gasteiger charge is -2.09. The van der Waals surface area contributed by atoms with Crippen LogP contribution in [0, 0.1) is 10.1 Å². The van der Waals surface area contributed by atoms with E-state index in [0.717, 1.165) is 35.4 Å². The predicted octanol–water partition coefficient (Wildman–Crippen LogP) is 5.42. The Kier molecular flexibility index (Phi) is 3.79. The van der Waals surface area contributed by atoms with Gasteiger partial charge in [-0.3, -0.25) is 10.1 Å². The molecule has 0 bridgehead atoms. The minimum Gasteiger partial charge on any atom is -0.258 e. The van der Waals surface area contributed by atoms with Crippen molar-refractivity contribution in [2.75, 3.05) is 0 Å². The lowest BCUT2D eigenvalue weighted by molar-refractivity contribution is -0.384. The van der Waals surface area contributed by atoms with Crippen LogP contribution in [0.15, 0.2) is 72.9 Å². The molecule has 1 aromatic heterocycles. The summed E-state index contributed by atoms with van der Waals surface area (Å²) in [7, 11) is 0. The maximum Gasteiger partial charge on any atom is 0.270 e. The van der Waals surface area contributed by atoms with Crippen LogP contribution in [0.25, 0.3) is 28.1 Å². The van der Waals surface area contributed by atoms with E-state index in [1.54, 1.807) is 12.1 Å². The van der Waals surface area contributed by atoms with E-state index in [2.05, 4.69) is 35.4 Å². The molecule has 3 aromatic carbocycles. The molecule has 5 heteroatoms. The summed E-state index contributed by atoms with van der Waals surface area (Å²) < 4.78 is 1.98. The van der Waals surface area contributed by atoms with E-state index in [9.17, 15) is 10.1 Å².